The van der Waals surface area contributed by atoms with Crippen LogP contribution >= 0.6 is 45.7 Å². The number of anilines is 1. The van der Waals surface area contributed by atoms with E-state index in [4.69, 9.17) is 4.98 Å². The van der Waals surface area contributed by atoms with E-state index in [9.17, 15) is 9.59 Å². The highest BCUT2D eigenvalue weighted by atomic mass is 127. The molecule has 0 aliphatic heterocycles. The van der Waals surface area contributed by atoms with Crippen LogP contribution in [0.25, 0.3) is 10.2 Å². The first kappa shape index (κ1) is 19.9. The number of carbonyl (C=O) groups excluding carboxylic acids is 1. The van der Waals surface area contributed by atoms with E-state index in [-0.39, 0.29) is 17.2 Å². The van der Waals surface area contributed by atoms with Crippen molar-refractivity contribution in [1.29, 1.82) is 0 Å². The molecule has 0 spiro atoms. The van der Waals surface area contributed by atoms with Crippen LogP contribution in [0.2, 0.25) is 0 Å². The molecule has 2 heterocycles. The van der Waals surface area contributed by atoms with Gasteiger partial charge in [0.25, 0.3) is 5.56 Å². The maximum absolute atomic E-state index is 13.1. The van der Waals surface area contributed by atoms with E-state index in [0.717, 1.165) is 38.7 Å². The molecule has 2 aromatic heterocycles. The van der Waals surface area contributed by atoms with Crippen LogP contribution < -0.4 is 10.9 Å². The Balaban J connectivity index is 1.58. The van der Waals surface area contributed by atoms with Gasteiger partial charge in [-0.2, -0.15) is 0 Å². The molecular formula is C20H20IN3O2S2. The fourth-order valence-electron chi connectivity index (χ4n) is 3.50. The molecular weight excluding hydrogens is 505 g/mol. The Hall–Kier alpha value is -1.39. The first-order valence-corrected chi connectivity index (χ1v) is 12.2. The van der Waals surface area contributed by atoms with Crippen LogP contribution in [0.4, 0.5) is 5.69 Å². The van der Waals surface area contributed by atoms with Gasteiger partial charge in [0.15, 0.2) is 5.16 Å². The number of thiophene rings is 1. The quantitative estimate of drug-likeness (QED) is 0.298. The molecule has 0 saturated heterocycles. The summed E-state index contributed by atoms with van der Waals surface area (Å²) in [6, 6.07) is 7.68. The van der Waals surface area contributed by atoms with Gasteiger partial charge in [0, 0.05) is 20.7 Å². The Morgan fingerprint density at radius 1 is 1.36 bits per heavy atom. The summed E-state index contributed by atoms with van der Waals surface area (Å²) >= 11 is 5.18. The molecule has 1 amide bonds. The van der Waals surface area contributed by atoms with Crippen LogP contribution in [0.3, 0.4) is 0 Å². The average molecular weight is 525 g/mol. The number of hydrogen-bond acceptors (Lipinski definition) is 5. The van der Waals surface area contributed by atoms with E-state index in [0.29, 0.717) is 11.7 Å². The number of nitrogens with one attached hydrogen (secondary N) is 1. The summed E-state index contributed by atoms with van der Waals surface area (Å²) in [5, 5.41) is 4.33. The van der Waals surface area contributed by atoms with Gasteiger partial charge in [0.1, 0.15) is 4.83 Å². The molecule has 3 aromatic rings. The standard InChI is InChI=1S/C20H20IN3O2S2/c1-2-24-19(26)17-14-8-3-4-9-15(14)28-18(17)23-20(24)27-11-16(25)22-13-7-5-6-12(21)10-13/h5-7,10H,2-4,8-9,11H2,1H3,(H,22,25). The zero-order chi connectivity index (χ0) is 19.7. The Morgan fingerprint density at radius 3 is 2.96 bits per heavy atom. The molecule has 0 bridgehead atoms. The topological polar surface area (TPSA) is 64.0 Å². The van der Waals surface area contributed by atoms with Gasteiger partial charge in [0.2, 0.25) is 5.91 Å². The van der Waals surface area contributed by atoms with E-state index in [1.165, 1.54) is 28.6 Å². The molecule has 8 heteroatoms. The van der Waals surface area contributed by atoms with Crippen molar-refractivity contribution in [2.75, 3.05) is 11.1 Å². The average Bonchev–Trinajstić information content (AvgIpc) is 3.05. The molecule has 0 fully saturated rings. The zero-order valence-electron chi connectivity index (χ0n) is 15.5. The van der Waals surface area contributed by atoms with Crippen molar-refractivity contribution >= 4 is 67.5 Å². The second-order valence-corrected chi connectivity index (χ2v) is 9.95. The number of rotatable bonds is 5. The van der Waals surface area contributed by atoms with Gasteiger partial charge >= 0.3 is 0 Å². The van der Waals surface area contributed by atoms with Crippen LogP contribution in [0.15, 0.2) is 34.2 Å². The van der Waals surface area contributed by atoms with E-state index in [2.05, 4.69) is 27.9 Å². The summed E-state index contributed by atoms with van der Waals surface area (Å²) in [7, 11) is 0. The van der Waals surface area contributed by atoms with Crippen molar-refractivity contribution in [3.8, 4) is 0 Å². The molecule has 1 aromatic carbocycles. The lowest BCUT2D eigenvalue weighted by Gasteiger charge is -2.12. The largest absolute Gasteiger partial charge is 0.325 e. The highest BCUT2D eigenvalue weighted by molar-refractivity contribution is 14.1. The molecule has 4 rings (SSSR count). The van der Waals surface area contributed by atoms with Gasteiger partial charge in [-0.15, -0.1) is 11.3 Å². The second kappa shape index (κ2) is 8.54. The van der Waals surface area contributed by atoms with Crippen LogP contribution in [0.5, 0.6) is 0 Å². The van der Waals surface area contributed by atoms with Crippen LogP contribution in [0.1, 0.15) is 30.2 Å². The molecule has 1 aliphatic rings. The number of halogens is 1. The molecule has 28 heavy (non-hydrogen) atoms. The third kappa shape index (κ3) is 3.99. The van der Waals surface area contributed by atoms with Gasteiger partial charge in [-0.1, -0.05) is 17.8 Å². The third-order valence-electron chi connectivity index (χ3n) is 4.80. The second-order valence-electron chi connectivity index (χ2n) is 6.68. The number of amides is 1. The predicted octanol–water partition coefficient (Wildman–Crippen LogP) is 4.69. The number of thioether (sulfide) groups is 1. The number of fused-ring (bicyclic) bond motifs is 3. The third-order valence-corrected chi connectivity index (χ3v) is 7.63. The van der Waals surface area contributed by atoms with Crippen molar-refractivity contribution < 1.29 is 4.79 Å². The maximum Gasteiger partial charge on any atom is 0.263 e. The van der Waals surface area contributed by atoms with Crippen LogP contribution in [0, 0.1) is 3.57 Å². The van der Waals surface area contributed by atoms with Crippen molar-refractivity contribution in [1.82, 2.24) is 9.55 Å². The Bertz CT molecular complexity index is 1110. The lowest BCUT2D eigenvalue weighted by atomic mass is 9.97. The van der Waals surface area contributed by atoms with Gasteiger partial charge in [-0.25, -0.2) is 4.98 Å². The summed E-state index contributed by atoms with van der Waals surface area (Å²) in [4.78, 5) is 32.4. The minimum atomic E-state index is -0.102. The van der Waals surface area contributed by atoms with Crippen LogP contribution in [-0.4, -0.2) is 21.2 Å². The normalized spacial score (nSPS) is 13.5. The van der Waals surface area contributed by atoms with Gasteiger partial charge < -0.3 is 5.32 Å². The first-order chi connectivity index (χ1) is 13.6. The summed E-state index contributed by atoms with van der Waals surface area (Å²) < 4.78 is 2.77. The lowest BCUT2D eigenvalue weighted by molar-refractivity contribution is -0.113. The molecule has 1 N–H and O–H groups in total. The van der Waals surface area contributed by atoms with Crippen LogP contribution in [-0.2, 0) is 24.2 Å². The van der Waals surface area contributed by atoms with Gasteiger partial charge in [-0.3, -0.25) is 14.2 Å². The minimum Gasteiger partial charge on any atom is -0.325 e. The van der Waals surface area contributed by atoms with E-state index >= 15 is 0 Å². The van der Waals surface area contributed by atoms with Gasteiger partial charge in [0.05, 0.1) is 11.1 Å². The van der Waals surface area contributed by atoms with Crippen molar-refractivity contribution in [2.45, 2.75) is 44.3 Å². The fourth-order valence-corrected chi connectivity index (χ4v) is 6.21. The number of hydrogen-bond donors (Lipinski definition) is 1. The van der Waals surface area contributed by atoms with E-state index < -0.39 is 0 Å². The molecule has 0 saturated carbocycles. The number of aromatic nitrogens is 2. The van der Waals surface area contributed by atoms with Gasteiger partial charge in [-0.05, 0) is 79.0 Å². The fraction of sp³-hybridized carbons (Fsp3) is 0.350. The SMILES string of the molecule is CCn1c(SCC(=O)Nc2cccc(I)c2)nc2sc3c(c2c1=O)CCCC3. The smallest absolute Gasteiger partial charge is 0.263 e. The van der Waals surface area contributed by atoms with Crippen molar-refractivity contribution in [2.24, 2.45) is 0 Å². The van der Waals surface area contributed by atoms with E-state index in [1.807, 2.05) is 31.2 Å². The van der Waals surface area contributed by atoms with Crippen molar-refractivity contribution in [3.05, 3.63) is 48.6 Å². The number of nitrogens with zero attached hydrogens (tertiary/aromatic N) is 2. The summed E-state index contributed by atoms with van der Waals surface area (Å²) in [6.45, 7) is 2.50. The van der Waals surface area contributed by atoms with Crippen molar-refractivity contribution in [3.63, 3.8) is 0 Å². The monoisotopic (exact) mass is 525 g/mol. The highest BCUT2D eigenvalue weighted by Gasteiger charge is 2.22. The van der Waals surface area contributed by atoms with E-state index in [1.54, 1.807) is 15.9 Å². The molecule has 0 radical (unpaired) electrons. The Morgan fingerprint density at radius 2 is 2.18 bits per heavy atom. The molecule has 146 valence electrons. The lowest BCUT2D eigenvalue weighted by Crippen LogP contribution is -2.24. The summed E-state index contributed by atoms with van der Waals surface area (Å²) in [5.41, 5.74) is 2.02. The summed E-state index contributed by atoms with van der Waals surface area (Å²) in [5.74, 6) is 0.114. The summed E-state index contributed by atoms with van der Waals surface area (Å²) in [6.07, 6.45) is 4.34. The molecule has 0 unspecified atom stereocenters. The highest BCUT2D eigenvalue weighted by Crippen LogP contribution is 2.34. The minimum absolute atomic E-state index is 0.0346. The predicted molar refractivity (Wildman–Crippen MR) is 125 cm³/mol. The first-order valence-electron chi connectivity index (χ1n) is 9.30. The Kier molecular flexibility index (Phi) is 6.07. The number of aryl methyl sites for hydroxylation is 2. The number of benzene rings is 1. The number of carbonyl (C=O) groups is 1. The molecule has 0 atom stereocenters. The Labute approximate surface area is 185 Å². The maximum atomic E-state index is 13.1. The molecule has 1 aliphatic carbocycles. The zero-order valence-corrected chi connectivity index (χ0v) is 19.2. The molecule has 5 nitrogen and oxygen atoms in total.